The van der Waals surface area contributed by atoms with Gasteiger partial charge < -0.3 is 15.4 Å². The Kier molecular flexibility index (Phi) is 7.51. The lowest BCUT2D eigenvalue weighted by Crippen LogP contribution is -2.16. The molecule has 0 radical (unpaired) electrons. The monoisotopic (exact) mass is 420 g/mol. The molecule has 0 aliphatic heterocycles. The van der Waals surface area contributed by atoms with E-state index in [1.807, 2.05) is 54.6 Å². The highest BCUT2D eigenvalue weighted by Gasteiger charge is 2.13. The Morgan fingerprint density at radius 2 is 1.63 bits per heavy atom. The molecule has 3 aromatic rings. The summed E-state index contributed by atoms with van der Waals surface area (Å²) in [5, 5.41) is 5.79. The molecule has 154 valence electrons. The molecule has 0 aromatic heterocycles. The van der Waals surface area contributed by atoms with Crippen LogP contribution in [0.2, 0.25) is 0 Å². The molecule has 0 bridgehead atoms. The average molecular weight is 421 g/mol. The van der Waals surface area contributed by atoms with Gasteiger partial charge in [-0.25, -0.2) is 0 Å². The van der Waals surface area contributed by atoms with Gasteiger partial charge in [-0.15, -0.1) is 11.8 Å². The number of aryl methyl sites for hydroxylation is 1. The second kappa shape index (κ2) is 10.5. The van der Waals surface area contributed by atoms with Crippen molar-refractivity contribution < 1.29 is 14.3 Å². The van der Waals surface area contributed by atoms with Gasteiger partial charge in [0.25, 0.3) is 5.91 Å². The number of anilines is 2. The average Bonchev–Trinajstić information content (AvgIpc) is 2.78. The Morgan fingerprint density at radius 3 is 2.40 bits per heavy atom. The molecule has 3 aromatic carbocycles. The van der Waals surface area contributed by atoms with Gasteiger partial charge in [0.05, 0.1) is 18.4 Å². The summed E-state index contributed by atoms with van der Waals surface area (Å²) in [6.45, 7) is 2.07. The fourth-order valence-electron chi connectivity index (χ4n) is 2.89. The van der Waals surface area contributed by atoms with Gasteiger partial charge in [-0.1, -0.05) is 37.3 Å². The molecule has 0 spiro atoms. The molecule has 0 fully saturated rings. The number of hydrogen-bond donors (Lipinski definition) is 2. The topological polar surface area (TPSA) is 67.4 Å². The Bertz CT molecular complexity index is 1040. The molecule has 0 saturated carbocycles. The number of carbonyl (C=O) groups is 2. The normalized spacial score (nSPS) is 10.3. The van der Waals surface area contributed by atoms with E-state index in [2.05, 4.69) is 17.6 Å². The maximum Gasteiger partial charge on any atom is 0.256 e. The molecular formula is C24H24N2O3S. The van der Waals surface area contributed by atoms with Crippen LogP contribution >= 0.6 is 11.8 Å². The summed E-state index contributed by atoms with van der Waals surface area (Å²) in [4.78, 5) is 25.9. The third kappa shape index (κ3) is 5.87. The number of methoxy groups -OCH3 is 1. The maximum atomic E-state index is 12.8. The van der Waals surface area contributed by atoms with Crippen LogP contribution < -0.4 is 15.4 Å². The van der Waals surface area contributed by atoms with Crippen LogP contribution in [0.15, 0.2) is 77.7 Å². The number of rotatable bonds is 8. The molecule has 0 aliphatic carbocycles. The van der Waals surface area contributed by atoms with Crippen LogP contribution in [0, 0.1) is 0 Å². The molecule has 6 heteroatoms. The fourth-order valence-corrected chi connectivity index (χ4v) is 3.74. The molecule has 3 rings (SSSR count). The van der Waals surface area contributed by atoms with E-state index < -0.39 is 0 Å². The van der Waals surface area contributed by atoms with Crippen molar-refractivity contribution in [2.24, 2.45) is 0 Å². The summed E-state index contributed by atoms with van der Waals surface area (Å²) in [7, 11) is 1.58. The number of nitrogens with one attached hydrogen (secondary N) is 2. The molecular weight excluding hydrogens is 396 g/mol. The molecule has 0 atom stereocenters. The smallest absolute Gasteiger partial charge is 0.256 e. The van der Waals surface area contributed by atoms with E-state index in [9.17, 15) is 9.59 Å². The van der Waals surface area contributed by atoms with Gasteiger partial charge in [0.15, 0.2) is 0 Å². The van der Waals surface area contributed by atoms with E-state index in [0.29, 0.717) is 17.0 Å². The van der Waals surface area contributed by atoms with Gasteiger partial charge in [-0.05, 0) is 48.4 Å². The lowest BCUT2D eigenvalue weighted by Gasteiger charge is -2.11. The van der Waals surface area contributed by atoms with Crippen LogP contribution in [0.25, 0.3) is 0 Å². The van der Waals surface area contributed by atoms with Gasteiger partial charge in [0.1, 0.15) is 5.75 Å². The molecule has 0 unspecified atom stereocenters. The third-order valence-corrected chi connectivity index (χ3v) is 5.51. The van der Waals surface area contributed by atoms with E-state index in [-0.39, 0.29) is 17.6 Å². The first-order valence-electron chi connectivity index (χ1n) is 9.65. The summed E-state index contributed by atoms with van der Waals surface area (Å²) >= 11 is 1.33. The Morgan fingerprint density at radius 1 is 0.900 bits per heavy atom. The van der Waals surface area contributed by atoms with Crippen LogP contribution in [-0.2, 0) is 11.2 Å². The van der Waals surface area contributed by atoms with Gasteiger partial charge in [0.2, 0.25) is 5.91 Å². The lowest BCUT2D eigenvalue weighted by atomic mass is 10.1. The first-order valence-corrected chi connectivity index (χ1v) is 10.6. The summed E-state index contributed by atoms with van der Waals surface area (Å²) in [5.41, 5.74) is 3.12. The number of carbonyl (C=O) groups excluding carboxylic acids is 2. The van der Waals surface area contributed by atoms with Crippen LogP contribution in [0.3, 0.4) is 0 Å². The van der Waals surface area contributed by atoms with Crippen molar-refractivity contribution >= 4 is 35.0 Å². The zero-order valence-electron chi connectivity index (χ0n) is 17.0. The van der Waals surface area contributed by atoms with Crippen molar-refractivity contribution in [3.8, 4) is 5.75 Å². The Labute approximate surface area is 180 Å². The molecule has 0 heterocycles. The van der Waals surface area contributed by atoms with Crippen LogP contribution in [0.1, 0.15) is 22.8 Å². The highest BCUT2D eigenvalue weighted by molar-refractivity contribution is 8.00. The van der Waals surface area contributed by atoms with Crippen molar-refractivity contribution in [1.82, 2.24) is 0 Å². The van der Waals surface area contributed by atoms with Crippen LogP contribution in [-0.4, -0.2) is 24.7 Å². The molecule has 2 N–H and O–H groups in total. The number of amides is 2. The zero-order chi connectivity index (χ0) is 21.3. The van der Waals surface area contributed by atoms with E-state index >= 15 is 0 Å². The summed E-state index contributed by atoms with van der Waals surface area (Å²) in [6.07, 6.45) is 0.901. The molecule has 0 aliphatic rings. The van der Waals surface area contributed by atoms with E-state index in [1.165, 1.54) is 11.8 Å². The summed E-state index contributed by atoms with van der Waals surface area (Å²) < 4.78 is 5.17. The molecule has 30 heavy (non-hydrogen) atoms. The van der Waals surface area contributed by atoms with Crippen molar-refractivity contribution in [2.75, 3.05) is 23.5 Å². The first kappa shape index (κ1) is 21.5. The predicted octanol–water partition coefficient (Wildman–Crippen LogP) is 5.24. The molecule has 0 saturated heterocycles. The van der Waals surface area contributed by atoms with Crippen molar-refractivity contribution in [1.29, 1.82) is 0 Å². The third-order valence-electron chi connectivity index (χ3n) is 4.44. The van der Waals surface area contributed by atoms with E-state index in [0.717, 1.165) is 22.6 Å². The highest BCUT2D eigenvalue weighted by Crippen LogP contribution is 2.25. The number of thioether (sulfide) groups is 1. The number of benzene rings is 3. The highest BCUT2D eigenvalue weighted by atomic mass is 32.2. The summed E-state index contributed by atoms with van der Waals surface area (Å²) in [5.74, 6) is 0.514. The maximum absolute atomic E-state index is 12.8. The number of ether oxygens (including phenoxy) is 1. The minimum atomic E-state index is -0.195. The van der Waals surface area contributed by atoms with Crippen LogP contribution in [0.5, 0.6) is 5.75 Å². The second-order valence-electron chi connectivity index (χ2n) is 6.57. The van der Waals surface area contributed by atoms with Crippen LogP contribution in [0.4, 0.5) is 11.4 Å². The Hall–Kier alpha value is -3.25. The standard InChI is InChI=1S/C24H24N2O3S/c1-3-17-8-6-9-18(14-17)26-24(28)21-12-4-5-13-22(21)30-16-23(27)25-19-10-7-11-20(15-19)29-2/h4-15H,3,16H2,1-2H3,(H,25,27)(H,26,28). The summed E-state index contributed by atoms with van der Waals surface area (Å²) in [6, 6.07) is 22.3. The van der Waals surface area contributed by atoms with Crippen molar-refractivity contribution in [3.05, 3.63) is 83.9 Å². The number of hydrogen-bond acceptors (Lipinski definition) is 4. The molecule has 5 nitrogen and oxygen atoms in total. The molecule has 2 amide bonds. The second-order valence-corrected chi connectivity index (χ2v) is 7.59. The largest absolute Gasteiger partial charge is 0.497 e. The zero-order valence-corrected chi connectivity index (χ0v) is 17.8. The van der Waals surface area contributed by atoms with E-state index in [4.69, 9.17) is 4.74 Å². The minimum Gasteiger partial charge on any atom is -0.497 e. The quantitative estimate of drug-likeness (QED) is 0.489. The lowest BCUT2D eigenvalue weighted by molar-refractivity contribution is -0.113. The van der Waals surface area contributed by atoms with Gasteiger partial charge in [-0.2, -0.15) is 0 Å². The SMILES string of the molecule is CCc1cccc(NC(=O)c2ccccc2SCC(=O)Nc2cccc(OC)c2)c1. The van der Waals surface area contributed by atoms with Gasteiger partial charge >= 0.3 is 0 Å². The first-order chi connectivity index (χ1) is 14.6. The minimum absolute atomic E-state index is 0.154. The van der Waals surface area contributed by atoms with Crippen molar-refractivity contribution in [3.63, 3.8) is 0 Å². The predicted molar refractivity (Wildman–Crippen MR) is 123 cm³/mol. The Balaban J connectivity index is 1.64. The van der Waals surface area contributed by atoms with Gasteiger partial charge in [-0.3, -0.25) is 9.59 Å². The van der Waals surface area contributed by atoms with Gasteiger partial charge in [0, 0.05) is 22.3 Å². The fraction of sp³-hybridized carbons (Fsp3) is 0.167. The van der Waals surface area contributed by atoms with E-state index in [1.54, 1.807) is 25.3 Å². The van der Waals surface area contributed by atoms with Crippen molar-refractivity contribution in [2.45, 2.75) is 18.2 Å².